The summed E-state index contributed by atoms with van der Waals surface area (Å²) in [6, 6.07) is 1.86. The molecule has 4 aromatic rings. The van der Waals surface area contributed by atoms with Crippen LogP contribution in [0.15, 0.2) is 36.1 Å². The van der Waals surface area contributed by atoms with Crippen LogP contribution in [0.1, 0.15) is 21.1 Å². The molecule has 0 bridgehead atoms. The van der Waals surface area contributed by atoms with Gasteiger partial charge in [-0.05, 0) is 19.1 Å². The lowest BCUT2D eigenvalue weighted by Gasteiger charge is -2.04. The molecular weight excluding hydrogens is 431 g/mol. The Balaban J connectivity index is 1.58. The predicted octanol–water partition coefficient (Wildman–Crippen LogP) is 4.15. The van der Waals surface area contributed by atoms with E-state index in [0.29, 0.717) is 16.6 Å². The Morgan fingerprint density at radius 2 is 2.10 bits per heavy atom. The lowest BCUT2D eigenvalue weighted by atomic mass is 10.1. The highest BCUT2D eigenvalue weighted by molar-refractivity contribution is 7.16. The van der Waals surface area contributed by atoms with Crippen LogP contribution in [-0.2, 0) is 6.61 Å². The third-order valence-corrected chi connectivity index (χ3v) is 6.04. The van der Waals surface area contributed by atoms with Crippen LogP contribution < -0.4 is 4.74 Å². The number of rotatable bonds is 6. The van der Waals surface area contributed by atoms with Gasteiger partial charge in [-0.25, -0.2) is 24.1 Å². The van der Waals surface area contributed by atoms with E-state index in [1.54, 1.807) is 11.6 Å². The van der Waals surface area contributed by atoms with Gasteiger partial charge in [-0.1, -0.05) is 0 Å². The van der Waals surface area contributed by atoms with Gasteiger partial charge in [-0.2, -0.15) is 0 Å². The van der Waals surface area contributed by atoms with Gasteiger partial charge >= 0.3 is 5.97 Å². The Hall–Kier alpha value is -3.44. The number of aryl methyl sites for hydroxylation is 1. The second-order valence-corrected chi connectivity index (χ2v) is 7.99. The quantitative estimate of drug-likeness (QED) is 0.455. The Labute approximate surface area is 177 Å². The SMILES string of the molecule is Cc1nc(COc2cnccn2)sc1-c1csc(-c2cc(O)c(C(=O)O)cc2F)n1. The summed E-state index contributed by atoms with van der Waals surface area (Å²) < 4.78 is 19.9. The molecule has 0 aliphatic heterocycles. The van der Waals surface area contributed by atoms with Crippen molar-refractivity contribution in [1.82, 2.24) is 19.9 Å². The Morgan fingerprint density at radius 3 is 2.83 bits per heavy atom. The number of thiazole rings is 2. The van der Waals surface area contributed by atoms with Crippen LogP contribution in [0.3, 0.4) is 0 Å². The number of carbonyl (C=O) groups is 1. The number of hydrogen-bond donors (Lipinski definition) is 2. The van der Waals surface area contributed by atoms with Gasteiger partial charge in [0.25, 0.3) is 0 Å². The standard InChI is InChI=1S/C19H13FN4O4S2/c1-9-17(30-16(23-9)7-28-15-6-21-2-3-22-15)13-8-29-18(24-13)10-5-14(25)11(19(26)27)4-12(10)20/h2-6,8,25H,7H2,1H3,(H,26,27). The van der Waals surface area contributed by atoms with Crippen molar-refractivity contribution < 1.29 is 24.1 Å². The number of aromatic nitrogens is 4. The van der Waals surface area contributed by atoms with Crippen molar-refractivity contribution in [2.75, 3.05) is 0 Å². The summed E-state index contributed by atoms with van der Waals surface area (Å²) in [6.07, 6.45) is 4.59. The largest absolute Gasteiger partial charge is 0.507 e. The van der Waals surface area contributed by atoms with E-state index in [1.807, 2.05) is 6.92 Å². The van der Waals surface area contributed by atoms with E-state index < -0.39 is 23.1 Å². The Kier molecular flexibility index (Phi) is 5.38. The van der Waals surface area contributed by atoms with Crippen molar-refractivity contribution >= 4 is 28.6 Å². The first-order chi connectivity index (χ1) is 14.4. The average Bonchev–Trinajstić information content (AvgIpc) is 3.35. The fourth-order valence-corrected chi connectivity index (χ4v) is 4.49. The van der Waals surface area contributed by atoms with E-state index in [0.717, 1.165) is 27.7 Å². The molecule has 0 radical (unpaired) electrons. The molecule has 0 saturated carbocycles. The van der Waals surface area contributed by atoms with Crippen molar-refractivity contribution in [2.45, 2.75) is 13.5 Å². The summed E-state index contributed by atoms with van der Waals surface area (Å²) in [5.41, 5.74) is 0.886. The van der Waals surface area contributed by atoms with Crippen molar-refractivity contribution in [3.8, 4) is 32.8 Å². The fraction of sp³-hybridized carbons (Fsp3) is 0.105. The third kappa shape index (κ3) is 3.98. The lowest BCUT2D eigenvalue weighted by Crippen LogP contribution is -1.98. The van der Waals surface area contributed by atoms with Crippen LogP contribution in [0.2, 0.25) is 0 Å². The van der Waals surface area contributed by atoms with E-state index in [1.165, 1.54) is 35.1 Å². The highest BCUT2D eigenvalue weighted by Gasteiger charge is 2.19. The van der Waals surface area contributed by atoms with E-state index in [4.69, 9.17) is 9.84 Å². The molecule has 1 aromatic carbocycles. The van der Waals surface area contributed by atoms with E-state index >= 15 is 0 Å². The van der Waals surface area contributed by atoms with Crippen molar-refractivity contribution in [3.05, 3.63) is 58.2 Å². The summed E-state index contributed by atoms with van der Waals surface area (Å²) in [7, 11) is 0. The molecule has 0 spiro atoms. The van der Waals surface area contributed by atoms with E-state index in [-0.39, 0.29) is 12.2 Å². The number of hydrogen-bond acceptors (Lipinski definition) is 9. The maximum Gasteiger partial charge on any atom is 0.339 e. The van der Waals surface area contributed by atoms with Gasteiger partial charge in [0.2, 0.25) is 5.88 Å². The molecule has 8 nitrogen and oxygen atoms in total. The monoisotopic (exact) mass is 444 g/mol. The molecule has 0 saturated heterocycles. The van der Waals surface area contributed by atoms with Crippen LogP contribution >= 0.6 is 22.7 Å². The average molecular weight is 444 g/mol. The molecular formula is C19H13FN4O4S2. The molecule has 0 fully saturated rings. The maximum atomic E-state index is 14.4. The summed E-state index contributed by atoms with van der Waals surface area (Å²) in [6.45, 7) is 2.06. The number of benzene rings is 1. The molecule has 3 heterocycles. The number of carboxylic acid groups (broad SMARTS) is 1. The zero-order valence-electron chi connectivity index (χ0n) is 15.4. The second-order valence-electron chi connectivity index (χ2n) is 6.05. The highest BCUT2D eigenvalue weighted by atomic mass is 32.1. The van der Waals surface area contributed by atoms with Crippen LogP contribution in [0.4, 0.5) is 4.39 Å². The Morgan fingerprint density at radius 1 is 1.27 bits per heavy atom. The number of aromatic hydroxyl groups is 1. The highest BCUT2D eigenvalue weighted by Crippen LogP contribution is 2.36. The lowest BCUT2D eigenvalue weighted by molar-refractivity contribution is 0.0693. The van der Waals surface area contributed by atoms with Crippen molar-refractivity contribution in [1.29, 1.82) is 0 Å². The molecule has 0 unspecified atom stereocenters. The van der Waals surface area contributed by atoms with Crippen LogP contribution in [0.25, 0.3) is 21.1 Å². The molecule has 30 heavy (non-hydrogen) atoms. The predicted molar refractivity (Wildman–Crippen MR) is 108 cm³/mol. The van der Waals surface area contributed by atoms with Gasteiger partial charge in [-0.3, -0.25) is 4.98 Å². The minimum Gasteiger partial charge on any atom is -0.507 e. The first-order valence-corrected chi connectivity index (χ1v) is 10.2. The zero-order chi connectivity index (χ0) is 21.3. The normalized spacial score (nSPS) is 10.9. The Bertz CT molecular complexity index is 1230. The van der Waals surface area contributed by atoms with E-state index in [9.17, 15) is 14.3 Å². The maximum absolute atomic E-state index is 14.4. The van der Waals surface area contributed by atoms with Gasteiger partial charge in [0, 0.05) is 23.3 Å². The molecule has 11 heteroatoms. The van der Waals surface area contributed by atoms with Crippen molar-refractivity contribution in [3.63, 3.8) is 0 Å². The second kappa shape index (κ2) is 8.13. The van der Waals surface area contributed by atoms with Crippen molar-refractivity contribution in [2.24, 2.45) is 0 Å². The third-order valence-electron chi connectivity index (χ3n) is 4.01. The number of carboxylic acids is 1. The van der Waals surface area contributed by atoms with Gasteiger partial charge in [0.15, 0.2) is 0 Å². The molecule has 4 rings (SSSR count). The molecule has 152 valence electrons. The molecule has 0 aliphatic rings. The van der Waals surface area contributed by atoms with Gasteiger partial charge < -0.3 is 14.9 Å². The summed E-state index contributed by atoms with van der Waals surface area (Å²) in [5, 5.41) is 21.7. The number of halogens is 1. The first-order valence-electron chi connectivity index (χ1n) is 8.49. The first kappa shape index (κ1) is 19.9. The molecule has 0 aliphatic carbocycles. The topological polar surface area (TPSA) is 118 Å². The van der Waals surface area contributed by atoms with Crippen LogP contribution in [-0.4, -0.2) is 36.1 Å². The number of ether oxygens (including phenoxy) is 1. The molecule has 0 amide bonds. The molecule has 0 atom stereocenters. The molecule has 2 N–H and O–H groups in total. The molecule has 3 aromatic heterocycles. The summed E-state index contributed by atoms with van der Waals surface area (Å²) in [5.74, 6) is -2.31. The zero-order valence-corrected chi connectivity index (χ0v) is 17.0. The smallest absolute Gasteiger partial charge is 0.339 e. The number of phenols is 1. The number of nitrogens with zero attached hydrogens (tertiary/aromatic N) is 4. The number of aromatic carboxylic acids is 1. The minimum atomic E-state index is -1.41. The summed E-state index contributed by atoms with van der Waals surface area (Å²) in [4.78, 5) is 28.7. The van der Waals surface area contributed by atoms with Gasteiger partial charge in [-0.15, -0.1) is 22.7 Å². The minimum absolute atomic E-state index is 0.0297. The fourth-order valence-electron chi connectivity index (χ4n) is 2.65. The van der Waals surface area contributed by atoms with E-state index in [2.05, 4.69) is 19.9 Å². The summed E-state index contributed by atoms with van der Waals surface area (Å²) >= 11 is 2.58. The van der Waals surface area contributed by atoms with Crippen LogP contribution in [0, 0.1) is 12.7 Å². The van der Waals surface area contributed by atoms with Gasteiger partial charge in [0.1, 0.15) is 33.8 Å². The van der Waals surface area contributed by atoms with Gasteiger partial charge in [0.05, 0.1) is 22.5 Å². The van der Waals surface area contributed by atoms with Crippen LogP contribution in [0.5, 0.6) is 11.6 Å².